The molecule has 28 heavy (non-hydrogen) atoms. The van der Waals surface area contributed by atoms with Crippen LogP contribution in [0.2, 0.25) is 5.02 Å². The number of halogens is 2. The first-order valence-corrected chi connectivity index (χ1v) is 9.95. The zero-order valence-electron chi connectivity index (χ0n) is 14.9. The highest BCUT2D eigenvalue weighted by molar-refractivity contribution is 9.10. The van der Waals surface area contributed by atoms with E-state index in [1.807, 2.05) is 78.2 Å². The maximum absolute atomic E-state index is 6.42. The highest BCUT2D eigenvalue weighted by Crippen LogP contribution is 2.31. The Bertz CT molecular complexity index is 1360. The molecular weight excluding hydrogens is 436 g/mol. The molecular formula is C22H14BrClN4. The molecule has 0 bridgehead atoms. The van der Waals surface area contributed by atoms with E-state index in [2.05, 4.69) is 15.9 Å². The number of nitrogens with zero attached hydrogens (tertiary/aromatic N) is 4. The van der Waals surface area contributed by atoms with Gasteiger partial charge in [0, 0.05) is 15.1 Å². The molecule has 2 aromatic heterocycles. The Morgan fingerprint density at radius 3 is 2.39 bits per heavy atom. The van der Waals surface area contributed by atoms with Crippen molar-refractivity contribution in [3.05, 3.63) is 81.8 Å². The number of aromatic nitrogens is 4. The normalized spacial score (nSPS) is 11.4. The van der Waals surface area contributed by atoms with Crippen LogP contribution in [0.3, 0.4) is 0 Å². The fourth-order valence-electron chi connectivity index (χ4n) is 3.24. The van der Waals surface area contributed by atoms with Crippen LogP contribution in [-0.4, -0.2) is 19.5 Å². The third-order valence-electron chi connectivity index (χ3n) is 4.67. The Hall–Kier alpha value is -2.76. The van der Waals surface area contributed by atoms with E-state index in [0.29, 0.717) is 16.3 Å². The molecule has 2 heterocycles. The zero-order valence-corrected chi connectivity index (χ0v) is 17.2. The third-order valence-corrected chi connectivity index (χ3v) is 5.57. The van der Waals surface area contributed by atoms with Crippen molar-refractivity contribution in [3.63, 3.8) is 0 Å². The van der Waals surface area contributed by atoms with Crippen LogP contribution >= 0.6 is 27.5 Å². The SMILES string of the molecule is Cc1ccc(-n2c(-c3cccc(Br)c3)nc3nc4ccccc4nc32)cc1Cl. The van der Waals surface area contributed by atoms with E-state index < -0.39 is 0 Å². The van der Waals surface area contributed by atoms with Gasteiger partial charge in [-0.05, 0) is 48.9 Å². The van der Waals surface area contributed by atoms with E-state index in [1.165, 1.54) is 0 Å². The second-order valence-corrected chi connectivity index (χ2v) is 7.90. The van der Waals surface area contributed by atoms with Gasteiger partial charge in [0.2, 0.25) is 0 Å². The van der Waals surface area contributed by atoms with E-state index in [0.717, 1.165) is 38.1 Å². The lowest BCUT2D eigenvalue weighted by molar-refractivity contribution is 1.08. The highest BCUT2D eigenvalue weighted by Gasteiger charge is 2.18. The molecule has 5 aromatic rings. The maximum Gasteiger partial charge on any atom is 0.199 e. The monoisotopic (exact) mass is 448 g/mol. The van der Waals surface area contributed by atoms with Crippen LogP contribution in [0, 0.1) is 6.92 Å². The standard InChI is InChI=1S/C22H14BrClN4/c1-13-9-10-16(12-17(13)24)28-21(14-5-4-6-15(23)11-14)27-20-22(28)26-19-8-3-2-7-18(19)25-20/h2-12H,1H3. The van der Waals surface area contributed by atoms with Crippen molar-refractivity contribution in [2.75, 3.05) is 0 Å². The third kappa shape index (κ3) is 2.87. The number of imidazole rings is 1. The first-order valence-electron chi connectivity index (χ1n) is 8.78. The van der Waals surface area contributed by atoms with Gasteiger partial charge >= 0.3 is 0 Å². The molecule has 0 saturated heterocycles. The topological polar surface area (TPSA) is 43.6 Å². The minimum Gasteiger partial charge on any atom is -0.275 e. The van der Waals surface area contributed by atoms with Gasteiger partial charge in [-0.3, -0.25) is 4.57 Å². The molecule has 0 aliphatic rings. The number of hydrogen-bond donors (Lipinski definition) is 0. The first kappa shape index (κ1) is 17.3. The van der Waals surface area contributed by atoms with Crippen LogP contribution in [0.25, 0.3) is 39.4 Å². The van der Waals surface area contributed by atoms with Crippen LogP contribution in [-0.2, 0) is 0 Å². The molecule has 0 saturated carbocycles. The van der Waals surface area contributed by atoms with E-state index >= 15 is 0 Å². The number of fused-ring (bicyclic) bond motifs is 2. The van der Waals surface area contributed by atoms with Gasteiger partial charge in [0.25, 0.3) is 0 Å². The molecule has 0 radical (unpaired) electrons. The van der Waals surface area contributed by atoms with Gasteiger partial charge in [-0.15, -0.1) is 0 Å². The molecule has 0 spiro atoms. The van der Waals surface area contributed by atoms with Crippen molar-refractivity contribution < 1.29 is 0 Å². The van der Waals surface area contributed by atoms with Gasteiger partial charge in [-0.2, -0.15) is 0 Å². The van der Waals surface area contributed by atoms with Gasteiger partial charge in [-0.1, -0.05) is 57.9 Å². The van der Waals surface area contributed by atoms with Crippen LogP contribution < -0.4 is 0 Å². The predicted octanol–water partition coefficient (Wildman–Crippen LogP) is 6.36. The Labute approximate surface area is 175 Å². The number of benzene rings is 3. The quantitative estimate of drug-likeness (QED) is 0.315. The number of aryl methyl sites for hydroxylation is 1. The summed E-state index contributed by atoms with van der Waals surface area (Å²) in [5.74, 6) is 0.770. The van der Waals surface area contributed by atoms with Gasteiger partial charge < -0.3 is 0 Å². The lowest BCUT2D eigenvalue weighted by Gasteiger charge is -2.10. The molecule has 0 amide bonds. The molecule has 6 heteroatoms. The van der Waals surface area contributed by atoms with Gasteiger partial charge in [0.1, 0.15) is 5.82 Å². The summed E-state index contributed by atoms with van der Waals surface area (Å²) in [4.78, 5) is 14.4. The summed E-state index contributed by atoms with van der Waals surface area (Å²) in [5, 5.41) is 0.702. The Kier molecular flexibility index (Phi) is 4.14. The molecule has 3 aromatic carbocycles. The molecule has 0 fully saturated rings. The second kappa shape index (κ2) is 6.69. The summed E-state index contributed by atoms with van der Waals surface area (Å²) in [6.45, 7) is 1.99. The van der Waals surface area contributed by atoms with Crippen molar-refractivity contribution >= 4 is 49.9 Å². The summed E-state index contributed by atoms with van der Waals surface area (Å²) in [6, 6.07) is 21.8. The molecule has 0 atom stereocenters. The molecule has 136 valence electrons. The summed E-state index contributed by atoms with van der Waals surface area (Å²) in [5.41, 5.74) is 5.85. The summed E-state index contributed by atoms with van der Waals surface area (Å²) in [6.07, 6.45) is 0. The van der Waals surface area contributed by atoms with Gasteiger partial charge in [0.05, 0.1) is 16.7 Å². The smallest absolute Gasteiger partial charge is 0.199 e. The fraction of sp³-hybridized carbons (Fsp3) is 0.0455. The van der Waals surface area contributed by atoms with E-state index in [4.69, 9.17) is 26.6 Å². The largest absolute Gasteiger partial charge is 0.275 e. The maximum atomic E-state index is 6.42. The molecule has 0 aliphatic heterocycles. The highest BCUT2D eigenvalue weighted by atomic mass is 79.9. The van der Waals surface area contributed by atoms with E-state index in [-0.39, 0.29) is 0 Å². The van der Waals surface area contributed by atoms with Crippen LogP contribution in [0.4, 0.5) is 0 Å². The minimum absolute atomic E-state index is 0.602. The van der Waals surface area contributed by atoms with E-state index in [9.17, 15) is 0 Å². The summed E-state index contributed by atoms with van der Waals surface area (Å²) < 4.78 is 3.00. The molecule has 5 rings (SSSR count). The zero-order chi connectivity index (χ0) is 19.3. The predicted molar refractivity (Wildman–Crippen MR) is 117 cm³/mol. The minimum atomic E-state index is 0.602. The lowest BCUT2D eigenvalue weighted by Crippen LogP contribution is -1.99. The Morgan fingerprint density at radius 2 is 1.64 bits per heavy atom. The Balaban J connectivity index is 1.89. The lowest BCUT2D eigenvalue weighted by atomic mass is 10.2. The molecule has 0 unspecified atom stereocenters. The first-order chi connectivity index (χ1) is 13.6. The van der Waals surface area contributed by atoms with Crippen LogP contribution in [0.15, 0.2) is 71.2 Å². The fourth-order valence-corrected chi connectivity index (χ4v) is 3.82. The average Bonchev–Trinajstić information content (AvgIpc) is 3.06. The molecule has 0 N–H and O–H groups in total. The average molecular weight is 450 g/mol. The number of hydrogen-bond acceptors (Lipinski definition) is 3. The van der Waals surface area contributed by atoms with Gasteiger partial charge in [-0.25, -0.2) is 15.0 Å². The van der Waals surface area contributed by atoms with Crippen LogP contribution in [0.5, 0.6) is 0 Å². The Morgan fingerprint density at radius 1 is 0.857 bits per heavy atom. The van der Waals surface area contributed by atoms with Crippen molar-refractivity contribution in [3.8, 4) is 17.1 Å². The van der Waals surface area contributed by atoms with Crippen molar-refractivity contribution in [2.24, 2.45) is 0 Å². The summed E-state index contributed by atoms with van der Waals surface area (Å²) in [7, 11) is 0. The van der Waals surface area contributed by atoms with Gasteiger partial charge in [0.15, 0.2) is 11.3 Å². The van der Waals surface area contributed by atoms with Crippen molar-refractivity contribution in [1.82, 2.24) is 19.5 Å². The number of rotatable bonds is 2. The molecule has 0 aliphatic carbocycles. The van der Waals surface area contributed by atoms with Crippen molar-refractivity contribution in [2.45, 2.75) is 6.92 Å². The second-order valence-electron chi connectivity index (χ2n) is 6.57. The molecule has 4 nitrogen and oxygen atoms in total. The summed E-state index contributed by atoms with van der Waals surface area (Å²) >= 11 is 9.97. The van der Waals surface area contributed by atoms with E-state index in [1.54, 1.807) is 0 Å². The van der Waals surface area contributed by atoms with Crippen molar-refractivity contribution in [1.29, 1.82) is 0 Å². The van der Waals surface area contributed by atoms with Crippen LogP contribution in [0.1, 0.15) is 5.56 Å². The number of para-hydroxylation sites is 2.